The van der Waals surface area contributed by atoms with Gasteiger partial charge in [0.05, 0.1) is 0 Å². The molecule has 1 aromatic carbocycles. The van der Waals surface area contributed by atoms with Crippen molar-refractivity contribution >= 4 is 41.3 Å². The summed E-state index contributed by atoms with van der Waals surface area (Å²) in [5.74, 6) is 0.823. The van der Waals surface area contributed by atoms with E-state index in [1.807, 2.05) is 6.07 Å². The Balaban J connectivity index is 0.00000312. The Labute approximate surface area is 172 Å². The SMILES string of the molecule is CN=C(NCc1ccsc1)NCC(C)(C)NC(C)c1ccccc1.I. The van der Waals surface area contributed by atoms with E-state index in [1.165, 1.54) is 11.1 Å². The van der Waals surface area contributed by atoms with Crippen LogP contribution in [-0.4, -0.2) is 25.1 Å². The number of benzene rings is 1. The first kappa shape index (κ1) is 21.9. The first-order valence-corrected chi connectivity index (χ1v) is 9.23. The van der Waals surface area contributed by atoms with E-state index >= 15 is 0 Å². The van der Waals surface area contributed by atoms with Gasteiger partial charge in [-0.2, -0.15) is 11.3 Å². The molecule has 138 valence electrons. The summed E-state index contributed by atoms with van der Waals surface area (Å²) in [6.45, 7) is 8.17. The molecule has 25 heavy (non-hydrogen) atoms. The number of nitrogens with one attached hydrogen (secondary N) is 3. The Morgan fingerprint density at radius 3 is 2.48 bits per heavy atom. The molecule has 0 aliphatic heterocycles. The van der Waals surface area contributed by atoms with E-state index in [0.29, 0.717) is 6.04 Å². The van der Waals surface area contributed by atoms with Crippen LogP contribution in [0.1, 0.15) is 37.9 Å². The van der Waals surface area contributed by atoms with Gasteiger partial charge in [-0.25, -0.2) is 0 Å². The standard InChI is InChI=1S/C19H28N4S.HI/c1-15(17-8-6-5-7-9-17)23-19(2,3)14-22-18(20-4)21-12-16-10-11-24-13-16;/h5-11,13,15,23H,12,14H2,1-4H3,(H2,20,21,22);1H. The van der Waals surface area contributed by atoms with E-state index in [2.05, 4.69) is 82.8 Å². The molecule has 0 aliphatic carbocycles. The molecule has 0 fully saturated rings. The third kappa shape index (κ3) is 7.75. The Morgan fingerprint density at radius 2 is 1.88 bits per heavy atom. The van der Waals surface area contributed by atoms with Gasteiger partial charge in [0.15, 0.2) is 5.96 Å². The van der Waals surface area contributed by atoms with E-state index in [-0.39, 0.29) is 29.5 Å². The van der Waals surface area contributed by atoms with Crippen LogP contribution in [0.2, 0.25) is 0 Å². The summed E-state index contributed by atoms with van der Waals surface area (Å²) in [5.41, 5.74) is 2.51. The zero-order chi connectivity index (χ0) is 17.4. The first-order chi connectivity index (χ1) is 11.5. The van der Waals surface area contributed by atoms with Gasteiger partial charge in [0.1, 0.15) is 0 Å². The maximum Gasteiger partial charge on any atom is 0.191 e. The fourth-order valence-electron chi connectivity index (χ4n) is 2.57. The van der Waals surface area contributed by atoms with Crippen molar-refractivity contribution in [2.75, 3.05) is 13.6 Å². The number of aliphatic imine (C=N–C) groups is 1. The number of nitrogens with zero attached hydrogens (tertiary/aromatic N) is 1. The molecule has 0 aliphatic rings. The second-order valence-corrected chi connectivity index (χ2v) is 7.35. The lowest BCUT2D eigenvalue weighted by molar-refractivity contribution is 0.345. The molecule has 1 unspecified atom stereocenters. The molecule has 0 saturated carbocycles. The number of halogens is 1. The van der Waals surface area contributed by atoms with Gasteiger partial charge in [0.2, 0.25) is 0 Å². The predicted octanol–water partition coefficient (Wildman–Crippen LogP) is 4.16. The van der Waals surface area contributed by atoms with Crippen LogP contribution in [0.25, 0.3) is 0 Å². The van der Waals surface area contributed by atoms with Crippen LogP contribution in [0.4, 0.5) is 0 Å². The second-order valence-electron chi connectivity index (χ2n) is 6.57. The molecular formula is C19H29IN4S. The molecule has 0 bridgehead atoms. The fraction of sp³-hybridized carbons (Fsp3) is 0.421. The molecule has 3 N–H and O–H groups in total. The van der Waals surface area contributed by atoms with Crippen molar-refractivity contribution in [3.63, 3.8) is 0 Å². The second kappa shape index (κ2) is 10.8. The van der Waals surface area contributed by atoms with Gasteiger partial charge in [-0.15, -0.1) is 24.0 Å². The molecule has 6 heteroatoms. The number of hydrogen-bond donors (Lipinski definition) is 3. The summed E-state index contributed by atoms with van der Waals surface area (Å²) in [7, 11) is 1.80. The maximum absolute atomic E-state index is 4.30. The van der Waals surface area contributed by atoms with E-state index in [0.717, 1.165) is 19.0 Å². The van der Waals surface area contributed by atoms with Crippen molar-refractivity contribution in [2.45, 2.75) is 38.9 Å². The number of guanidine groups is 1. The smallest absolute Gasteiger partial charge is 0.191 e. The topological polar surface area (TPSA) is 48.5 Å². The minimum atomic E-state index is -0.0603. The van der Waals surface area contributed by atoms with E-state index in [4.69, 9.17) is 0 Å². The average Bonchev–Trinajstić information content (AvgIpc) is 3.09. The number of hydrogen-bond acceptors (Lipinski definition) is 3. The highest BCUT2D eigenvalue weighted by molar-refractivity contribution is 14.0. The highest BCUT2D eigenvalue weighted by atomic mass is 127. The molecule has 1 atom stereocenters. The zero-order valence-electron chi connectivity index (χ0n) is 15.4. The Kier molecular flexibility index (Phi) is 9.45. The van der Waals surface area contributed by atoms with Crippen LogP contribution in [0.5, 0.6) is 0 Å². The van der Waals surface area contributed by atoms with Gasteiger partial charge in [0.25, 0.3) is 0 Å². The minimum Gasteiger partial charge on any atom is -0.355 e. The maximum atomic E-state index is 4.30. The first-order valence-electron chi connectivity index (χ1n) is 8.28. The van der Waals surface area contributed by atoms with Crippen molar-refractivity contribution < 1.29 is 0 Å². The summed E-state index contributed by atoms with van der Waals surface area (Å²) < 4.78 is 0. The third-order valence-corrected chi connectivity index (χ3v) is 4.60. The summed E-state index contributed by atoms with van der Waals surface area (Å²) in [5, 5.41) is 14.7. The summed E-state index contributed by atoms with van der Waals surface area (Å²) in [6, 6.07) is 12.9. The molecule has 0 radical (unpaired) electrons. The lowest BCUT2D eigenvalue weighted by Crippen LogP contribution is -2.52. The lowest BCUT2D eigenvalue weighted by Gasteiger charge is -2.31. The predicted molar refractivity (Wildman–Crippen MR) is 120 cm³/mol. The van der Waals surface area contributed by atoms with Crippen LogP contribution in [0.3, 0.4) is 0 Å². The quantitative estimate of drug-likeness (QED) is 0.322. The zero-order valence-corrected chi connectivity index (χ0v) is 18.5. The molecule has 0 saturated heterocycles. The molecule has 2 rings (SSSR count). The van der Waals surface area contributed by atoms with Crippen LogP contribution in [0.15, 0.2) is 52.2 Å². The summed E-state index contributed by atoms with van der Waals surface area (Å²) in [6.07, 6.45) is 0. The van der Waals surface area contributed by atoms with Gasteiger partial charge < -0.3 is 16.0 Å². The third-order valence-electron chi connectivity index (χ3n) is 3.87. The fourth-order valence-corrected chi connectivity index (χ4v) is 3.24. The van der Waals surface area contributed by atoms with Crippen LogP contribution < -0.4 is 16.0 Å². The molecule has 0 amide bonds. The van der Waals surface area contributed by atoms with E-state index in [1.54, 1.807) is 18.4 Å². The lowest BCUT2D eigenvalue weighted by atomic mass is 10.0. The average molecular weight is 472 g/mol. The largest absolute Gasteiger partial charge is 0.355 e. The van der Waals surface area contributed by atoms with Crippen LogP contribution in [-0.2, 0) is 6.54 Å². The Hall–Kier alpha value is -1.12. The van der Waals surface area contributed by atoms with Gasteiger partial charge in [-0.1, -0.05) is 30.3 Å². The summed E-state index contributed by atoms with van der Waals surface area (Å²) >= 11 is 1.71. The van der Waals surface area contributed by atoms with Crippen molar-refractivity contribution in [2.24, 2.45) is 4.99 Å². The van der Waals surface area contributed by atoms with Gasteiger partial charge in [-0.05, 0) is 48.7 Å². The minimum absolute atomic E-state index is 0. The van der Waals surface area contributed by atoms with E-state index in [9.17, 15) is 0 Å². The van der Waals surface area contributed by atoms with Gasteiger partial charge in [-0.3, -0.25) is 4.99 Å². The molecule has 0 spiro atoms. The summed E-state index contributed by atoms with van der Waals surface area (Å²) in [4.78, 5) is 4.30. The highest BCUT2D eigenvalue weighted by Crippen LogP contribution is 2.15. The molecule has 2 aromatic rings. The molecular weight excluding hydrogens is 443 g/mol. The Morgan fingerprint density at radius 1 is 1.16 bits per heavy atom. The van der Waals surface area contributed by atoms with Crippen molar-refractivity contribution in [1.82, 2.24) is 16.0 Å². The monoisotopic (exact) mass is 472 g/mol. The molecule has 1 aromatic heterocycles. The number of rotatable bonds is 7. The molecule has 4 nitrogen and oxygen atoms in total. The van der Waals surface area contributed by atoms with Gasteiger partial charge >= 0.3 is 0 Å². The molecule has 1 heterocycles. The van der Waals surface area contributed by atoms with Crippen LogP contribution >= 0.6 is 35.3 Å². The highest BCUT2D eigenvalue weighted by Gasteiger charge is 2.21. The van der Waals surface area contributed by atoms with Crippen molar-refractivity contribution in [3.05, 3.63) is 58.3 Å². The normalized spacial score (nSPS) is 13.0. The number of thiophene rings is 1. The Bertz CT molecular complexity index is 626. The van der Waals surface area contributed by atoms with Crippen LogP contribution in [0, 0.1) is 0 Å². The van der Waals surface area contributed by atoms with Gasteiger partial charge in [0, 0.05) is 31.7 Å². The van der Waals surface area contributed by atoms with E-state index < -0.39 is 0 Å². The van der Waals surface area contributed by atoms with Crippen molar-refractivity contribution in [3.8, 4) is 0 Å². The van der Waals surface area contributed by atoms with Crippen molar-refractivity contribution in [1.29, 1.82) is 0 Å².